The predicted octanol–water partition coefficient (Wildman–Crippen LogP) is 4.14. The quantitative estimate of drug-likeness (QED) is 0.846. The Kier molecular flexibility index (Phi) is 4.01. The molecule has 1 heterocycles. The first-order valence-corrected chi connectivity index (χ1v) is 6.15. The third-order valence-electron chi connectivity index (χ3n) is 2.82. The van der Waals surface area contributed by atoms with Gasteiger partial charge in [0.15, 0.2) is 0 Å². The zero-order valence-corrected chi connectivity index (χ0v) is 11.2. The van der Waals surface area contributed by atoms with E-state index in [1.165, 1.54) is 0 Å². The molecule has 0 aliphatic rings. The van der Waals surface area contributed by atoms with Gasteiger partial charge in [-0.3, -0.25) is 0 Å². The molecular weight excluding hydrogens is 291 g/mol. The molecule has 0 saturated heterocycles. The van der Waals surface area contributed by atoms with Crippen molar-refractivity contribution < 1.29 is 18.3 Å². The Labute approximate surface area is 118 Å². The van der Waals surface area contributed by atoms with Crippen LogP contribution >= 0.6 is 11.6 Å². The van der Waals surface area contributed by atoms with Gasteiger partial charge in [-0.15, -0.1) is 0 Å². The standard InChI is InChI=1S/C14H11ClF3NO/c1-8-3-2-4-9(7-8)12(20)10-5-6-11(14(16,17)18)19-13(10)15/h2-7,12,20H,1H3. The Balaban J connectivity index is 2.38. The van der Waals surface area contributed by atoms with Gasteiger partial charge in [-0.25, -0.2) is 4.98 Å². The number of pyridine rings is 1. The normalized spacial score (nSPS) is 13.3. The number of aromatic nitrogens is 1. The highest BCUT2D eigenvalue weighted by Crippen LogP contribution is 2.32. The van der Waals surface area contributed by atoms with Crippen molar-refractivity contribution in [2.75, 3.05) is 0 Å². The molecule has 0 aliphatic carbocycles. The molecular formula is C14H11ClF3NO. The van der Waals surface area contributed by atoms with E-state index in [4.69, 9.17) is 11.6 Å². The molecule has 0 aliphatic heterocycles. The van der Waals surface area contributed by atoms with E-state index in [0.29, 0.717) is 5.56 Å². The summed E-state index contributed by atoms with van der Waals surface area (Å²) in [7, 11) is 0. The van der Waals surface area contributed by atoms with Crippen LogP contribution in [0.15, 0.2) is 36.4 Å². The summed E-state index contributed by atoms with van der Waals surface area (Å²) in [4.78, 5) is 3.29. The van der Waals surface area contributed by atoms with Crippen LogP contribution in [0.25, 0.3) is 0 Å². The van der Waals surface area contributed by atoms with Gasteiger partial charge in [0.1, 0.15) is 17.0 Å². The summed E-state index contributed by atoms with van der Waals surface area (Å²) >= 11 is 5.75. The van der Waals surface area contributed by atoms with Gasteiger partial charge < -0.3 is 5.11 Å². The van der Waals surface area contributed by atoms with E-state index in [9.17, 15) is 18.3 Å². The number of nitrogens with zero attached hydrogens (tertiary/aromatic N) is 1. The largest absolute Gasteiger partial charge is 0.433 e. The van der Waals surface area contributed by atoms with Crippen LogP contribution < -0.4 is 0 Å². The Hall–Kier alpha value is -1.59. The smallest absolute Gasteiger partial charge is 0.384 e. The molecule has 6 heteroatoms. The lowest BCUT2D eigenvalue weighted by Gasteiger charge is -2.14. The molecule has 106 valence electrons. The molecule has 1 aromatic carbocycles. The first kappa shape index (κ1) is 14.8. The summed E-state index contributed by atoms with van der Waals surface area (Å²) in [5.74, 6) is 0. The van der Waals surface area contributed by atoms with Crippen molar-refractivity contribution in [1.29, 1.82) is 0 Å². The van der Waals surface area contributed by atoms with Crippen LogP contribution in [0.1, 0.15) is 28.5 Å². The van der Waals surface area contributed by atoms with Crippen molar-refractivity contribution in [1.82, 2.24) is 4.98 Å². The number of aliphatic hydroxyl groups excluding tert-OH is 1. The van der Waals surface area contributed by atoms with Gasteiger partial charge in [0, 0.05) is 5.56 Å². The molecule has 1 aromatic heterocycles. The lowest BCUT2D eigenvalue weighted by Crippen LogP contribution is -2.10. The number of halogens is 4. The molecule has 2 nitrogen and oxygen atoms in total. The van der Waals surface area contributed by atoms with Gasteiger partial charge in [0.25, 0.3) is 0 Å². The van der Waals surface area contributed by atoms with E-state index in [2.05, 4.69) is 4.98 Å². The van der Waals surface area contributed by atoms with Crippen LogP contribution in [0.4, 0.5) is 13.2 Å². The molecule has 0 radical (unpaired) electrons. The maximum atomic E-state index is 12.5. The van der Waals surface area contributed by atoms with Crippen LogP contribution in [0.3, 0.4) is 0 Å². The van der Waals surface area contributed by atoms with E-state index < -0.39 is 18.0 Å². The summed E-state index contributed by atoms with van der Waals surface area (Å²) in [5.41, 5.74) is 0.541. The van der Waals surface area contributed by atoms with Crippen LogP contribution in [-0.4, -0.2) is 10.1 Å². The molecule has 2 aromatic rings. The van der Waals surface area contributed by atoms with Gasteiger partial charge >= 0.3 is 6.18 Å². The van der Waals surface area contributed by atoms with Crippen LogP contribution in [0.2, 0.25) is 5.15 Å². The molecule has 2 rings (SSSR count). The van der Waals surface area contributed by atoms with Crippen LogP contribution in [0, 0.1) is 6.92 Å². The van der Waals surface area contributed by atoms with Crippen molar-refractivity contribution in [2.45, 2.75) is 19.2 Å². The fourth-order valence-electron chi connectivity index (χ4n) is 1.83. The second-order valence-corrected chi connectivity index (χ2v) is 4.75. The molecule has 1 atom stereocenters. The summed E-state index contributed by atoms with van der Waals surface area (Å²) in [6.45, 7) is 1.85. The summed E-state index contributed by atoms with van der Waals surface area (Å²) in [6, 6.07) is 8.96. The average molecular weight is 302 g/mol. The number of aliphatic hydroxyl groups is 1. The molecule has 0 bridgehead atoms. The maximum Gasteiger partial charge on any atom is 0.433 e. The number of aryl methyl sites for hydroxylation is 1. The van der Waals surface area contributed by atoms with Crippen molar-refractivity contribution in [3.63, 3.8) is 0 Å². The van der Waals surface area contributed by atoms with Crippen molar-refractivity contribution in [3.8, 4) is 0 Å². The Morgan fingerprint density at radius 3 is 2.45 bits per heavy atom. The Morgan fingerprint density at radius 1 is 1.20 bits per heavy atom. The highest BCUT2D eigenvalue weighted by molar-refractivity contribution is 6.30. The molecule has 0 fully saturated rings. The van der Waals surface area contributed by atoms with Gasteiger partial charge in [-0.1, -0.05) is 47.5 Å². The van der Waals surface area contributed by atoms with E-state index in [1.807, 2.05) is 13.0 Å². The third kappa shape index (κ3) is 3.11. The molecule has 0 spiro atoms. The Morgan fingerprint density at radius 2 is 1.90 bits per heavy atom. The fraction of sp³-hybridized carbons (Fsp3) is 0.214. The van der Waals surface area contributed by atoms with E-state index in [1.54, 1.807) is 18.2 Å². The summed E-state index contributed by atoms with van der Waals surface area (Å²) < 4.78 is 37.5. The number of rotatable bonds is 2. The minimum atomic E-state index is -4.56. The highest BCUT2D eigenvalue weighted by Gasteiger charge is 2.33. The van der Waals surface area contributed by atoms with Gasteiger partial charge in [0.2, 0.25) is 0 Å². The van der Waals surface area contributed by atoms with E-state index in [0.717, 1.165) is 17.7 Å². The van der Waals surface area contributed by atoms with Gasteiger partial charge in [-0.2, -0.15) is 13.2 Å². The van der Waals surface area contributed by atoms with E-state index >= 15 is 0 Å². The predicted molar refractivity (Wildman–Crippen MR) is 69.5 cm³/mol. The van der Waals surface area contributed by atoms with Crippen molar-refractivity contribution in [2.24, 2.45) is 0 Å². The first-order valence-electron chi connectivity index (χ1n) is 5.77. The van der Waals surface area contributed by atoms with Crippen molar-refractivity contribution >= 4 is 11.6 Å². The number of benzene rings is 1. The minimum absolute atomic E-state index is 0.144. The summed E-state index contributed by atoms with van der Waals surface area (Å²) in [5, 5.41) is 9.83. The first-order chi connectivity index (χ1) is 9.29. The molecule has 20 heavy (non-hydrogen) atoms. The van der Waals surface area contributed by atoms with Gasteiger partial charge in [-0.05, 0) is 18.6 Å². The van der Waals surface area contributed by atoms with Crippen LogP contribution in [-0.2, 0) is 6.18 Å². The van der Waals surface area contributed by atoms with Gasteiger partial charge in [0.05, 0.1) is 0 Å². The Bertz CT molecular complexity index is 628. The number of hydrogen-bond donors (Lipinski definition) is 1. The second kappa shape index (κ2) is 5.42. The third-order valence-corrected chi connectivity index (χ3v) is 3.12. The zero-order valence-electron chi connectivity index (χ0n) is 10.4. The zero-order chi connectivity index (χ0) is 14.9. The van der Waals surface area contributed by atoms with Crippen LogP contribution in [0.5, 0.6) is 0 Å². The molecule has 1 N–H and O–H groups in total. The highest BCUT2D eigenvalue weighted by atomic mass is 35.5. The summed E-state index contributed by atoms with van der Waals surface area (Å²) in [6.07, 6.45) is -5.67. The number of hydrogen-bond acceptors (Lipinski definition) is 2. The van der Waals surface area contributed by atoms with E-state index in [-0.39, 0.29) is 10.7 Å². The monoisotopic (exact) mass is 301 g/mol. The average Bonchev–Trinajstić information content (AvgIpc) is 2.36. The maximum absolute atomic E-state index is 12.5. The topological polar surface area (TPSA) is 33.1 Å². The molecule has 0 saturated carbocycles. The van der Waals surface area contributed by atoms with Crippen molar-refractivity contribution in [3.05, 3.63) is 63.9 Å². The molecule has 1 unspecified atom stereocenters. The lowest BCUT2D eigenvalue weighted by molar-refractivity contribution is -0.141. The second-order valence-electron chi connectivity index (χ2n) is 4.39. The molecule has 0 amide bonds. The fourth-order valence-corrected chi connectivity index (χ4v) is 2.08. The lowest BCUT2D eigenvalue weighted by atomic mass is 10.0. The SMILES string of the molecule is Cc1cccc(C(O)c2ccc(C(F)(F)F)nc2Cl)c1. The number of alkyl halides is 3. The minimum Gasteiger partial charge on any atom is -0.384 e.